The van der Waals surface area contributed by atoms with Gasteiger partial charge < -0.3 is 9.47 Å². The highest BCUT2D eigenvalue weighted by Gasteiger charge is 2.67. The summed E-state index contributed by atoms with van der Waals surface area (Å²) < 4.78 is 10.5. The summed E-state index contributed by atoms with van der Waals surface area (Å²) in [6, 6.07) is 13.9. The highest BCUT2D eigenvalue weighted by atomic mass is 16.5. The average Bonchev–Trinajstić information content (AvgIpc) is 3.26. The predicted molar refractivity (Wildman–Crippen MR) is 114 cm³/mol. The Kier molecular flexibility index (Phi) is 5.22. The maximum absolute atomic E-state index is 13.7. The molecule has 8 nitrogen and oxygen atoms in total. The van der Waals surface area contributed by atoms with Gasteiger partial charge >= 0.3 is 5.97 Å². The Balaban J connectivity index is 1.80. The first-order valence-corrected chi connectivity index (χ1v) is 10.1. The van der Waals surface area contributed by atoms with Crippen molar-refractivity contribution in [1.82, 2.24) is 5.43 Å². The van der Waals surface area contributed by atoms with Gasteiger partial charge in [-0.2, -0.15) is 5.10 Å². The van der Waals surface area contributed by atoms with Gasteiger partial charge in [0.05, 0.1) is 18.9 Å². The van der Waals surface area contributed by atoms with Gasteiger partial charge in [0.25, 0.3) is 5.91 Å². The number of carbonyl (C=O) groups is 3. The number of rotatable bonds is 6. The van der Waals surface area contributed by atoms with E-state index in [1.54, 1.807) is 43.3 Å². The van der Waals surface area contributed by atoms with Crippen LogP contribution in [0.3, 0.4) is 0 Å². The van der Waals surface area contributed by atoms with Crippen molar-refractivity contribution in [2.45, 2.75) is 26.3 Å². The third kappa shape index (κ3) is 3.15. The van der Waals surface area contributed by atoms with Crippen LogP contribution < -0.4 is 15.1 Å². The van der Waals surface area contributed by atoms with Gasteiger partial charge in [0.15, 0.2) is 11.3 Å². The molecule has 0 saturated carbocycles. The Morgan fingerprint density at radius 3 is 2.35 bits per heavy atom. The van der Waals surface area contributed by atoms with Crippen LogP contribution in [0.25, 0.3) is 0 Å². The molecule has 0 aromatic heterocycles. The lowest BCUT2D eigenvalue weighted by Crippen LogP contribution is -2.48. The molecule has 2 atom stereocenters. The average molecular weight is 421 g/mol. The number of nitrogens with zero attached hydrogens (tertiary/aromatic N) is 2. The number of nitrogens with one attached hydrogen (secondary N) is 1. The molecule has 2 aliphatic rings. The molecule has 31 heavy (non-hydrogen) atoms. The fraction of sp³-hybridized carbons (Fsp3) is 0.304. The fourth-order valence-electron chi connectivity index (χ4n) is 4.00. The van der Waals surface area contributed by atoms with Gasteiger partial charge in [0.1, 0.15) is 11.7 Å². The zero-order valence-electron chi connectivity index (χ0n) is 17.5. The van der Waals surface area contributed by atoms with E-state index in [9.17, 15) is 14.4 Å². The molecule has 0 spiro atoms. The summed E-state index contributed by atoms with van der Waals surface area (Å²) in [5.41, 5.74) is 3.16. The standard InChI is InChI=1S/C23H23N3O5/c1-4-30-17-12-10-16(11-13-17)26-20(27)18-19(21(28)31-5-2)24-25-23(18,22(26)29)15-8-6-14(3)7-9-15/h6-13,18,25H,4-5H2,1-3H3/t18-,23-/m1/s1. The number of imide groups is 1. The lowest BCUT2D eigenvalue weighted by molar-refractivity contribution is -0.136. The van der Waals surface area contributed by atoms with Gasteiger partial charge in [-0.1, -0.05) is 29.8 Å². The molecule has 1 saturated heterocycles. The zero-order valence-corrected chi connectivity index (χ0v) is 17.5. The van der Waals surface area contributed by atoms with E-state index in [0.29, 0.717) is 23.6 Å². The van der Waals surface area contributed by atoms with Crippen molar-refractivity contribution in [3.8, 4) is 5.75 Å². The van der Waals surface area contributed by atoms with Crippen LogP contribution in [0.5, 0.6) is 5.75 Å². The van der Waals surface area contributed by atoms with Gasteiger partial charge in [-0.05, 0) is 50.6 Å². The van der Waals surface area contributed by atoms with Crippen LogP contribution in [0.4, 0.5) is 5.69 Å². The van der Waals surface area contributed by atoms with Gasteiger partial charge in [0.2, 0.25) is 5.91 Å². The first kappa shape index (κ1) is 20.6. The van der Waals surface area contributed by atoms with Crippen molar-refractivity contribution in [2.75, 3.05) is 18.1 Å². The Labute approximate surface area is 179 Å². The summed E-state index contributed by atoms with van der Waals surface area (Å²) >= 11 is 0. The summed E-state index contributed by atoms with van der Waals surface area (Å²) in [5, 5.41) is 4.08. The third-order valence-electron chi connectivity index (χ3n) is 5.46. The van der Waals surface area contributed by atoms with Crippen LogP contribution in [0.1, 0.15) is 25.0 Å². The van der Waals surface area contributed by atoms with Crippen molar-refractivity contribution < 1.29 is 23.9 Å². The molecular weight excluding hydrogens is 398 g/mol. The summed E-state index contributed by atoms with van der Waals surface area (Å²) in [4.78, 5) is 40.9. The van der Waals surface area contributed by atoms with Gasteiger partial charge in [-0.15, -0.1) is 0 Å². The number of ether oxygens (including phenoxy) is 2. The SMILES string of the molecule is CCOC(=O)C1=NN[C@@]2(c3ccc(C)cc3)C(=O)N(c3ccc(OCC)cc3)C(=O)[C@@H]12. The van der Waals surface area contributed by atoms with Crippen LogP contribution in [0.2, 0.25) is 0 Å². The maximum atomic E-state index is 13.7. The number of hydrazone groups is 1. The molecule has 2 heterocycles. The number of hydrogen-bond donors (Lipinski definition) is 1. The lowest BCUT2D eigenvalue weighted by Gasteiger charge is -2.26. The molecule has 1 N–H and O–H groups in total. The smallest absolute Gasteiger partial charge is 0.355 e. The van der Waals surface area contributed by atoms with Crippen LogP contribution in [0, 0.1) is 12.8 Å². The predicted octanol–water partition coefficient (Wildman–Crippen LogP) is 2.30. The van der Waals surface area contributed by atoms with Crippen molar-refractivity contribution in [3.63, 3.8) is 0 Å². The maximum Gasteiger partial charge on any atom is 0.355 e. The number of carbonyl (C=O) groups excluding carboxylic acids is 3. The van der Waals surface area contributed by atoms with Gasteiger partial charge in [-0.25, -0.2) is 9.69 Å². The Bertz CT molecular complexity index is 1060. The summed E-state index contributed by atoms with van der Waals surface area (Å²) in [6.07, 6.45) is 0. The molecule has 2 aromatic rings. The second-order valence-corrected chi connectivity index (χ2v) is 7.34. The zero-order chi connectivity index (χ0) is 22.2. The van der Waals surface area contributed by atoms with E-state index >= 15 is 0 Å². The first-order valence-electron chi connectivity index (χ1n) is 10.1. The topological polar surface area (TPSA) is 97.3 Å². The molecule has 0 unspecified atom stereocenters. The third-order valence-corrected chi connectivity index (χ3v) is 5.46. The molecule has 2 amide bonds. The second kappa shape index (κ2) is 7.86. The number of aryl methyl sites for hydroxylation is 1. The first-order chi connectivity index (χ1) is 14.9. The Morgan fingerprint density at radius 1 is 1.06 bits per heavy atom. The highest BCUT2D eigenvalue weighted by Crippen LogP contribution is 2.45. The molecule has 0 bridgehead atoms. The molecular formula is C23H23N3O5. The van der Waals surface area contributed by atoms with E-state index in [2.05, 4.69) is 10.5 Å². The molecule has 2 aromatic carbocycles. The Hall–Kier alpha value is -3.68. The summed E-state index contributed by atoms with van der Waals surface area (Å²) in [5.74, 6) is -2.26. The van der Waals surface area contributed by atoms with E-state index in [-0.39, 0.29) is 12.3 Å². The van der Waals surface area contributed by atoms with Gasteiger partial charge in [-0.3, -0.25) is 15.0 Å². The van der Waals surface area contributed by atoms with E-state index in [4.69, 9.17) is 9.47 Å². The molecule has 0 aliphatic carbocycles. The molecule has 160 valence electrons. The molecule has 8 heteroatoms. The lowest BCUT2D eigenvalue weighted by atomic mass is 9.78. The molecule has 1 fully saturated rings. The highest BCUT2D eigenvalue weighted by molar-refractivity contribution is 6.47. The van der Waals surface area contributed by atoms with Crippen LogP contribution in [0.15, 0.2) is 53.6 Å². The quantitative estimate of drug-likeness (QED) is 0.568. The van der Waals surface area contributed by atoms with Crippen molar-refractivity contribution in [1.29, 1.82) is 0 Å². The van der Waals surface area contributed by atoms with E-state index in [1.165, 1.54) is 0 Å². The van der Waals surface area contributed by atoms with E-state index in [1.807, 2.05) is 26.0 Å². The Morgan fingerprint density at radius 2 is 1.74 bits per heavy atom. The number of hydrogen-bond acceptors (Lipinski definition) is 7. The van der Waals surface area contributed by atoms with Crippen LogP contribution in [-0.2, 0) is 24.7 Å². The number of amides is 2. The minimum Gasteiger partial charge on any atom is -0.494 e. The number of fused-ring (bicyclic) bond motifs is 1. The summed E-state index contributed by atoms with van der Waals surface area (Å²) in [6.45, 7) is 6.10. The summed E-state index contributed by atoms with van der Waals surface area (Å²) in [7, 11) is 0. The molecule has 0 radical (unpaired) electrons. The molecule has 4 rings (SSSR count). The van der Waals surface area contributed by atoms with Gasteiger partial charge in [0, 0.05) is 0 Å². The van der Waals surface area contributed by atoms with Crippen molar-refractivity contribution in [3.05, 3.63) is 59.7 Å². The number of anilines is 1. The van der Waals surface area contributed by atoms with E-state index < -0.39 is 29.2 Å². The fourth-order valence-corrected chi connectivity index (χ4v) is 4.00. The normalized spacial score (nSPS) is 22.1. The number of esters is 1. The van der Waals surface area contributed by atoms with Crippen LogP contribution >= 0.6 is 0 Å². The second-order valence-electron chi connectivity index (χ2n) is 7.34. The molecule has 2 aliphatic heterocycles. The van der Waals surface area contributed by atoms with Crippen molar-refractivity contribution >= 4 is 29.2 Å². The number of benzene rings is 2. The monoisotopic (exact) mass is 421 g/mol. The van der Waals surface area contributed by atoms with Crippen molar-refractivity contribution in [2.24, 2.45) is 11.0 Å². The minimum atomic E-state index is -1.51. The van der Waals surface area contributed by atoms with E-state index in [0.717, 1.165) is 10.5 Å². The largest absolute Gasteiger partial charge is 0.494 e. The minimum absolute atomic E-state index is 0.103. The van der Waals surface area contributed by atoms with Crippen LogP contribution in [-0.4, -0.2) is 36.7 Å².